The van der Waals surface area contributed by atoms with Gasteiger partial charge in [0.25, 0.3) is 0 Å². The van der Waals surface area contributed by atoms with Gasteiger partial charge in [0.05, 0.1) is 23.8 Å². The van der Waals surface area contributed by atoms with E-state index in [0.29, 0.717) is 18.7 Å². The van der Waals surface area contributed by atoms with Crippen LogP contribution in [0.25, 0.3) is 0 Å². The summed E-state index contributed by atoms with van der Waals surface area (Å²) >= 11 is 0. The number of carbonyl (C=O) groups excluding carboxylic acids is 1. The first-order valence-corrected chi connectivity index (χ1v) is 8.66. The van der Waals surface area contributed by atoms with Gasteiger partial charge in [-0.3, -0.25) is 9.48 Å². The van der Waals surface area contributed by atoms with Crippen molar-refractivity contribution in [1.82, 2.24) is 19.6 Å². The third-order valence-electron chi connectivity index (χ3n) is 3.95. The minimum atomic E-state index is -0.0752. The molecule has 0 aliphatic rings. The lowest BCUT2D eigenvalue weighted by Gasteiger charge is -2.06. The first kappa shape index (κ1) is 17.7. The third kappa shape index (κ3) is 4.95. The van der Waals surface area contributed by atoms with Crippen molar-refractivity contribution in [3.05, 3.63) is 60.2 Å². The number of aromatic nitrogens is 4. The lowest BCUT2D eigenvalue weighted by molar-refractivity contribution is -0.116. The summed E-state index contributed by atoms with van der Waals surface area (Å²) in [7, 11) is 0. The van der Waals surface area contributed by atoms with Gasteiger partial charge in [-0.25, -0.2) is 4.68 Å². The quantitative estimate of drug-likeness (QED) is 0.675. The van der Waals surface area contributed by atoms with Crippen molar-refractivity contribution in [3.8, 4) is 5.75 Å². The molecule has 3 aromatic rings. The van der Waals surface area contributed by atoms with E-state index in [9.17, 15) is 4.79 Å². The van der Waals surface area contributed by atoms with Gasteiger partial charge < -0.3 is 10.1 Å². The van der Waals surface area contributed by atoms with E-state index in [4.69, 9.17) is 4.74 Å². The summed E-state index contributed by atoms with van der Waals surface area (Å²) in [5.74, 6) is 0.714. The number of ether oxygens (including phenoxy) is 1. The number of aryl methyl sites for hydroxylation is 3. The molecular weight excluding hydrogens is 330 g/mol. The number of benzene rings is 1. The van der Waals surface area contributed by atoms with Crippen LogP contribution >= 0.6 is 0 Å². The Labute approximate surface area is 152 Å². The monoisotopic (exact) mass is 353 g/mol. The zero-order valence-electron chi connectivity index (χ0n) is 15.1. The fourth-order valence-corrected chi connectivity index (χ4v) is 2.49. The summed E-state index contributed by atoms with van der Waals surface area (Å²) < 4.78 is 9.09. The predicted molar refractivity (Wildman–Crippen MR) is 98.9 cm³/mol. The number of hydrogen-bond donors (Lipinski definition) is 1. The van der Waals surface area contributed by atoms with Crippen molar-refractivity contribution in [1.29, 1.82) is 0 Å². The number of hydrogen-bond acceptors (Lipinski definition) is 4. The molecule has 2 aromatic heterocycles. The fraction of sp³-hybridized carbons (Fsp3) is 0.316. The second-order valence-electron chi connectivity index (χ2n) is 6.06. The van der Waals surface area contributed by atoms with Crippen LogP contribution in [0, 0.1) is 6.92 Å². The van der Waals surface area contributed by atoms with Gasteiger partial charge >= 0.3 is 0 Å². The van der Waals surface area contributed by atoms with Gasteiger partial charge in [-0.15, -0.1) is 0 Å². The van der Waals surface area contributed by atoms with Crippen LogP contribution in [0.2, 0.25) is 0 Å². The number of anilines is 1. The Hall–Kier alpha value is -3.09. The lowest BCUT2D eigenvalue weighted by atomic mass is 10.2. The molecule has 0 spiro atoms. The molecule has 0 saturated carbocycles. The Morgan fingerprint density at radius 2 is 2.00 bits per heavy atom. The maximum atomic E-state index is 12.0. The van der Waals surface area contributed by atoms with Crippen LogP contribution in [0.15, 0.2) is 48.9 Å². The number of rotatable bonds is 8. The smallest absolute Gasteiger partial charge is 0.226 e. The fourth-order valence-electron chi connectivity index (χ4n) is 2.49. The molecule has 3 rings (SSSR count). The predicted octanol–water partition coefficient (Wildman–Crippen LogP) is 3.02. The average molecular weight is 353 g/mol. The van der Waals surface area contributed by atoms with E-state index >= 15 is 0 Å². The van der Waals surface area contributed by atoms with E-state index in [2.05, 4.69) is 22.4 Å². The minimum absolute atomic E-state index is 0.0752. The van der Waals surface area contributed by atoms with Crippen molar-refractivity contribution in [2.75, 3.05) is 5.32 Å². The third-order valence-corrected chi connectivity index (χ3v) is 3.95. The van der Waals surface area contributed by atoms with Gasteiger partial charge in [-0.2, -0.15) is 10.2 Å². The van der Waals surface area contributed by atoms with Crippen molar-refractivity contribution < 1.29 is 9.53 Å². The van der Waals surface area contributed by atoms with E-state index in [0.717, 1.165) is 17.9 Å². The molecule has 0 radical (unpaired) electrons. The van der Waals surface area contributed by atoms with E-state index < -0.39 is 0 Å². The van der Waals surface area contributed by atoms with Crippen LogP contribution in [0.4, 0.5) is 5.69 Å². The van der Waals surface area contributed by atoms with E-state index in [1.165, 1.54) is 5.56 Å². The Kier molecular flexibility index (Phi) is 5.68. The van der Waals surface area contributed by atoms with Crippen LogP contribution in [0.1, 0.15) is 24.6 Å². The van der Waals surface area contributed by atoms with Crippen LogP contribution in [0.3, 0.4) is 0 Å². The number of amides is 1. The number of carbonyl (C=O) groups is 1. The molecule has 0 fully saturated rings. The molecular formula is C19H23N5O2. The van der Waals surface area contributed by atoms with Crippen LogP contribution in [-0.2, 0) is 24.5 Å². The molecule has 2 heterocycles. The van der Waals surface area contributed by atoms with Gasteiger partial charge in [0.15, 0.2) is 6.73 Å². The Bertz CT molecular complexity index is 851. The topological polar surface area (TPSA) is 74.0 Å². The van der Waals surface area contributed by atoms with Gasteiger partial charge in [-0.05, 0) is 37.1 Å². The first-order chi connectivity index (χ1) is 12.6. The molecule has 0 atom stereocenters. The maximum Gasteiger partial charge on any atom is 0.226 e. The molecule has 0 bridgehead atoms. The summed E-state index contributed by atoms with van der Waals surface area (Å²) in [5, 5.41) is 11.3. The molecule has 7 heteroatoms. The molecule has 0 aliphatic heterocycles. The summed E-state index contributed by atoms with van der Waals surface area (Å²) in [6, 6.07) is 9.90. The number of nitrogens with zero attached hydrogens (tertiary/aromatic N) is 4. The van der Waals surface area contributed by atoms with Gasteiger partial charge in [0.2, 0.25) is 5.91 Å². The molecule has 7 nitrogen and oxygen atoms in total. The summed E-state index contributed by atoms with van der Waals surface area (Å²) in [5.41, 5.74) is 2.86. The second kappa shape index (κ2) is 8.33. The molecule has 1 N–H and O–H groups in total. The van der Waals surface area contributed by atoms with E-state index in [1.807, 2.05) is 43.5 Å². The number of nitrogens with one attached hydrogen (secondary N) is 1. The SMILES string of the molecule is CCc1ccc(OCn2cc(NC(=O)CCn3ccc(C)n3)cn2)cc1. The van der Waals surface area contributed by atoms with Gasteiger partial charge in [0, 0.05) is 19.2 Å². The zero-order valence-corrected chi connectivity index (χ0v) is 15.1. The molecule has 0 aliphatic carbocycles. The minimum Gasteiger partial charge on any atom is -0.471 e. The van der Waals surface area contributed by atoms with Crippen molar-refractivity contribution >= 4 is 11.6 Å². The summed E-state index contributed by atoms with van der Waals surface area (Å²) in [6.07, 6.45) is 6.58. The standard InChI is InChI=1S/C19H23N5O2/c1-3-16-4-6-18(7-5-16)26-14-24-13-17(12-20-24)21-19(25)9-11-23-10-8-15(2)22-23/h4-8,10,12-13H,3,9,11,14H2,1-2H3,(H,21,25). The van der Waals surface area contributed by atoms with Crippen LogP contribution < -0.4 is 10.1 Å². The summed E-state index contributed by atoms with van der Waals surface area (Å²) in [4.78, 5) is 12.0. The highest BCUT2D eigenvalue weighted by atomic mass is 16.5. The van der Waals surface area contributed by atoms with Crippen molar-refractivity contribution in [3.63, 3.8) is 0 Å². The molecule has 1 aromatic carbocycles. The molecule has 0 saturated heterocycles. The first-order valence-electron chi connectivity index (χ1n) is 8.66. The van der Waals surface area contributed by atoms with E-state index in [-0.39, 0.29) is 12.6 Å². The van der Waals surface area contributed by atoms with Crippen LogP contribution in [0.5, 0.6) is 5.75 Å². The normalized spacial score (nSPS) is 10.7. The van der Waals surface area contributed by atoms with Gasteiger partial charge in [0.1, 0.15) is 5.75 Å². The average Bonchev–Trinajstić information content (AvgIpc) is 3.27. The maximum absolute atomic E-state index is 12.0. The highest BCUT2D eigenvalue weighted by molar-refractivity contribution is 5.90. The lowest BCUT2D eigenvalue weighted by Crippen LogP contribution is -2.14. The molecule has 26 heavy (non-hydrogen) atoms. The Morgan fingerprint density at radius 3 is 2.69 bits per heavy atom. The highest BCUT2D eigenvalue weighted by Gasteiger charge is 2.06. The zero-order chi connectivity index (χ0) is 18.4. The highest BCUT2D eigenvalue weighted by Crippen LogP contribution is 2.13. The second-order valence-corrected chi connectivity index (χ2v) is 6.06. The largest absolute Gasteiger partial charge is 0.471 e. The van der Waals surface area contributed by atoms with Crippen molar-refractivity contribution in [2.45, 2.75) is 40.0 Å². The Balaban J connectivity index is 1.45. The molecule has 0 unspecified atom stereocenters. The summed E-state index contributed by atoms with van der Waals surface area (Å²) in [6.45, 7) is 4.87. The molecule has 1 amide bonds. The molecule has 136 valence electrons. The van der Waals surface area contributed by atoms with Gasteiger partial charge in [-0.1, -0.05) is 19.1 Å². The van der Waals surface area contributed by atoms with E-state index in [1.54, 1.807) is 21.8 Å². The van der Waals surface area contributed by atoms with Crippen molar-refractivity contribution in [2.24, 2.45) is 0 Å². The van der Waals surface area contributed by atoms with Crippen LogP contribution in [-0.4, -0.2) is 25.5 Å². The Morgan fingerprint density at radius 1 is 1.19 bits per heavy atom.